The summed E-state index contributed by atoms with van der Waals surface area (Å²) in [5, 5.41) is 8.17. The van der Waals surface area contributed by atoms with E-state index in [1.165, 1.54) is 12.8 Å². The second-order valence-electron chi connectivity index (χ2n) is 6.20. The highest BCUT2D eigenvalue weighted by Crippen LogP contribution is 2.08. The van der Waals surface area contributed by atoms with Crippen LogP contribution in [0.2, 0.25) is 0 Å². The lowest BCUT2D eigenvalue weighted by Crippen LogP contribution is -2.29. The van der Waals surface area contributed by atoms with Crippen molar-refractivity contribution in [2.75, 3.05) is 19.6 Å². The number of rotatable bonds is 5. The Labute approximate surface area is 139 Å². The SMILES string of the molecule is O=c1c2nnn(Cc3ccccc3)c2ncn1CCN1CCCC1. The molecule has 124 valence electrons. The molecule has 1 saturated heterocycles. The molecule has 0 amide bonds. The van der Waals surface area contributed by atoms with Crippen molar-refractivity contribution >= 4 is 11.2 Å². The maximum Gasteiger partial charge on any atom is 0.283 e. The van der Waals surface area contributed by atoms with Gasteiger partial charge in [-0.15, -0.1) is 5.10 Å². The first-order valence-electron chi connectivity index (χ1n) is 8.36. The summed E-state index contributed by atoms with van der Waals surface area (Å²) in [6.07, 6.45) is 4.12. The second-order valence-corrected chi connectivity index (χ2v) is 6.20. The summed E-state index contributed by atoms with van der Waals surface area (Å²) >= 11 is 0. The van der Waals surface area contributed by atoms with Gasteiger partial charge in [-0.3, -0.25) is 9.36 Å². The molecule has 7 heteroatoms. The Morgan fingerprint density at radius 3 is 2.62 bits per heavy atom. The summed E-state index contributed by atoms with van der Waals surface area (Å²) in [5.74, 6) is 0. The molecule has 3 heterocycles. The molecule has 0 atom stereocenters. The van der Waals surface area contributed by atoms with Gasteiger partial charge in [0.1, 0.15) is 6.33 Å². The zero-order valence-electron chi connectivity index (χ0n) is 13.5. The summed E-state index contributed by atoms with van der Waals surface area (Å²) in [7, 11) is 0. The van der Waals surface area contributed by atoms with Crippen molar-refractivity contribution < 1.29 is 0 Å². The first kappa shape index (κ1) is 15.0. The van der Waals surface area contributed by atoms with E-state index in [0.717, 1.165) is 25.2 Å². The highest BCUT2D eigenvalue weighted by Gasteiger charge is 2.14. The normalized spacial score (nSPS) is 15.3. The summed E-state index contributed by atoms with van der Waals surface area (Å²) < 4.78 is 3.32. The van der Waals surface area contributed by atoms with Crippen LogP contribution < -0.4 is 5.56 Å². The lowest BCUT2D eigenvalue weighted by Gasteiger charge is -2.14. The Balaban J connectivity index is 1.57. The Hall–Kier alpha value is -2.54. The molecule has 24 heavy (non-hydrogen) atoms. The van der Waals surface area contributed by atoms with Gasteiger partial charge in [0.15, 0.2) is 11.2 Å². The predicted octanol–water partition coefficient (Wildman–Crippen LogP) is 1.13. The van der Waals surface area contributed by atoms with Crippen LogP contribution in [-0.4, -0.2) is 49.1 Å². The Morgan fingerprint density at radius 1 is 1.04 bits per heavy atom. The lowest BCUT2D eigenvalue weighted by molar-refractivity contribution is 0.320. The highest BCUT2D eigenvalue weighted by molar-refractivity contribution is 5.67. The molecule has 3 aromatic rings. The molecular formula is C17H20N6O. The van der Waals surface area contributed by atoms with Crippen molar-refractivity contribution in [1.82, 2.24) is 29.4 Å². The van der Waals surface area contributed by atoms with Crippen LogP contribution in [-0.2, 0) is 13.1 Å². The highest BCUT2D eigenvalue weighted by atomic mass is 16.1. The van der Waals surface area contributed by atoms with Crippen LogP contribution in [0.4, 0.5) is 0 Å². The molecule has 1 fully saturated rings. The third-order valence-electron chi connectivity index (χ3n) is 4.52. The van der Waals surface area contributed by atoms with E-state index < -0.39 is 0 Å². The lowest BCUT2D eigenvalue weighted by atomic mass is 10.2. The first-order valence-corrected chi connectivity index (χ1v) is 8.36. The summed E-state index contributed by atoms with van der Waals surface area (Å²) in [4.78, 5) is 19.4. The minimum absolute atomic E-state index is 0.112. The Bertz CT molecular complexity index is 879. The van der Waals surface area contributed by atoms with E-state index in [2.05, 4.69) is 20.2 Å². The van der Waals surface area contributed by atoms with E-state index >= 15 is 0 Å². The first-order chi connectivity index (χ1) is 11.8. The molecule has 0 N–H and O–H groups in total. The average molecular weight is 324 g/mol. The molecule has 0 spiro atoms. The van der Waals surface area contributed by atoms with Crippen molar-refractivity contribution in [3.05, 3.63) is 52.6 Å². The molecule has 0 aliphatic carbocycles. The molecular weight excluding hydrogens is 304 g/mol. The maximum absolute atomic E-state index is 12.6. The van der Waals surface area contributed by atoms with Crippen LogP contribution in [0.25, 0.3) is 11.2 Å². The predicted molar refractivity (Wildman–Crippen MR) is 90.8 cm³/mol. The molecule has 1 aromatic carbocycles. The summed E-state index contributed by atoms with van der Waals surface area (Å²) in [6, 6.07) is 9.97. The largest absolute Gasteiger partial charge is 0.302 e. The number of fused-ring (bicyclic) bond motifs is 1. The number of hydrogen-bond acceptors (Lipinski definition) is 5. The molecule has 1 aliphatic rings. The van der Waals surface area contributed by atoms with Crippen molar-refractivity contribution in [2.24, 2.45) is 0 Å². The number of likely N-dealkylation sites (tertiary alicyclic amines) is 1. The van der Waals surface area contributed by atoms with Crippen LogP contribution in [0.5, 0.6) is 0 Å². The van der Waals surface area contributed by atoms with E-state index in [4.69, 9.17) is 0 Å². The number of nitrogens with zero attached hydrogens (tertiary/aromatic N) is 6. The van der Waals surface area contributed by atoms with E-state index in [-0.39, 0.29) is 5.56 Å². The third kappa shape index (κ3) is 2.94. The van der Waals surface area contributed by atoms with E-state index in [1.54, 1.807) is 15.6 Å². The number of benzene rings is 1. The van der Waals surface area contributed by atoms with E-state index in [9.17, 15) is 4.79 Å². The topological polar surface area (TPSA) is 68.8 Å². The number of aromatic nitrogens is 5. The van der Waals surface area contributed by atoms with Gasteiger partial charge in [-0.1, -0.05) is 35.5 Å². The maximum atomic E-state index is 12.6. The van der Waals surface area contributed by atoms with Gasteiger partial charge >= 0.3 is 0 Å². The van der Waals surface area contributed by atoms with Crippen LogP contribution in [0.1, 0.15) is 18.4 Å². The van der Waals surface area contributed by atoms with Crippen molar-refractivity contribution in [2.45, 2.75) is 25.9 Å². The van der Waals surface area contributed by atoms with Crippen molar-refractivity contribution in [1.29, 1.82) is 0 Å². The molecule has 0 radical (unpaired) electrons. The molecule has 0 unspecified atom stereocenters. The zero-order chi connectivity index (χ0) is 16.4. The Morgan fingerprint density at radius 2 is 1.83 bits per heavy atom. The van der Waals surface area contributed by atoms with Crippen LogP contribution >= 0.6 is 0 Å². The van der Waals surface area contributed by atoms with Gasteiger partial charge in [-0.05, 0) is 31.5 Å². The van der Waals surface area contributed by atoms with Crippen LogP contribution in [0, 0.1) is 0 Å². The van der Waals surface area contributed by atoms with Crippen LogP contribution in [0.15, 0.2) is 41.5 Å². The molecule has 4 rings (SSSR count). The zero-order valence-corrected chi connectivity index (χ0v) is 13.5. The smallest absolute Gasteiger partial charge is 0.283 e. The standard InChI is InChI=1S/C17H20N6O/c24-17-15-16(18-13-22(17)11-10-21-8-4-5-9-21)23(20-19-15)12-14-6-2-1-3-7-14/h1-3,6-7,13H,4-5,8-12H2. The van der Waals surface area contributed by atoms with Gasteiger partial charge in [-0.25, -0.2) is 9.67 Å². The quantitative estimate of drug-likeness (QED) is 0.704. The average Bonchev–Trinajstić information content (AvgIpc) is 3.26. The van der Waals surface area contributed by atoms with Gasteiger partial charge in [0.05, 0.1) is 6.54 Å². The molecule has 2 aromatic heterocycles. The molecule has 0 saturated carbocycles. The van der Waals surface area contributed by atoms with Crippen molar-refractivity contribution in [3.63, 3.8) is 0 Å². The molecule has 1 aliphatic heterocycles. The minimum atomic E-state index is -0.112. The van der Waals surface area contributed by atoms with Crippen molar-refractivity contribution in [3.8, 4) is 0 Å². The monoisotopic (exact) mass is 324 g/mol. The third-order valence-corrected chi connectivity index (χ3v) is 4.52. The van der Waals surface area contributed by atoms with Gasteiger partial charge < -0.3 is 4.90 Å². The molecule has 7 nitrogen and oxygen atoms in total. The fraction of sp³-hybridized carbons (Fsp3) is 0.412. The fourth-order valence-electron chi connectivity index (χ4n) is 3.16. The summed E-state index contributed by atoms with van der Waals surface area (Å²) in [6.45, 7) is 4.33. The van der Waals surface area contributed by atoms with Gasteiger partial charge in [0.2, 0.25) is 0 Å². The second kappa shape index (κ2) is 6.52. The number of hydrogen-bond donors (Lipinski definition) is 0. The van der Waals surface area contributed by atoms with E-state index in [1.807, 2.05) is 30.3 Å². The molecule has 0 bridgehead atoms. The van der Waals surface area contributed by atoms with Gasteiger partial charge in [-0.2, -0.15) is 0 Å². The van der Waals surface area contributed by atoms with Crippen LogP contribution in [0.3, 0.4) is 0 Å². The summed E-state index contributed by atoms with van der Waals surface area (Å²) in [5.41, 5.74) is 1.87. The Kier molecular flexibility index (Phi) is 4.08. The minimum Gasteiger partial charge on any atom is -0.302 e. The van der Waals surface area contributed by atoms with Gasteiger partial charge in [0.25, 0.3) is 5.56 Å². The fourth-order valence-corrected chi connectivity index (χ4v) is 3.16. The van der Waals surface area contributed by atoms with Gasteiger partial charge in [0, 0.05) is 13.1 Å². The van der Waals surface area contributed by atoms with E-state index in [0.29, 0.717) is 24.3 Å².